The Morgan fingerprint density at radius 2 is 1.95 bits per heavy atom. The maximum Gasteiger partial charge on any atom is 0.111 e. The molecule has 19 heavy (non-hydrogen) atoms. The summed E-state index contributed by atoms with van der Waals surface area (Å²) in [7, 11) is 2.04. The van der Waals surface area contributed by atoms with Crippen LogP contribution >= 0.6 is 0 Å². The predicted octanol–water partition coefficient (Wildman–Crippen LogP) is 3.23. The number of imidazole rings is 1. The fourth-order valence-corrected chi connectivity index (χ4v) is 2.66. The van der Waals surface area contributed by atoms with Gasteiger partial charge in [-0.25, -0.2) is 4.98 Å². The van der Waals surface area contributed by atoms with Crippen molar-refractivity contribution in [1.29, 1.82) is 0 Å². The van der Waals surface area contributed by atoms with E-state index in [0.717, 1.165) is 18.5 Å². The molecular formula is C16H25N3. The lowest BCUT2D eigenvalue weighted by Crippen LogP contribution is -2.40. The molecule has 1 aromatic heterocycles. The molecule has 0 spiro atoms. The molecule has 0 aliphatic rings. The van der Waals surface area contributed by atoms with E-state index < -0.39 is 0 Å². The maximum atomic E-state index is 4.81. The molecule has 0 fully saturated rings. The van der Waals surface area contributed by atoms with Crippen molar-refractivity contribution in [3.63, 3.8) is 0 Å². The van der Waals surface area contributed by atoms with Gasteiger partial charge in [0.15, 0.2) is 0 Å². The van der Waals surface area contributed by atoms with Gasteiger partial charge in [-0.2, -0.15) is 0 Å². The second kappa shape index (κ2) is 5.33. The SMILES string of the molecule is CCn1c(CC(NC)C(C)(C)C)nc2ccccc21. The fraction of sp³-hybridized carbons (Fsp3) is 0.562. The number of fused-ring (bicyclic) bond motifs is 1. The molecule has 1 aromatic carbocycles. The zero-order chi connectivity index (χ0) is 14.0. The first-order valence-corrected chi connectivity index (χ1v) is 7.08. The van der Waals surface area contributed by atoms with Gasteiger partial charge >= 0.3 is 0 Å². The van der Waals surface area contributed by atoms with E-state index >= 15 is 0 Å². The number of hydrogen-bond donors (Lipinski definition) is 1. The second-order valence-corrected chi connectivity index (χ2v) is 6.17. The van der Waals surface area contributed by atoms with Gasteiger partial charge in [0, 0.05) is 19.0 Å². The number of aryl methyl sites for hydroxylation is 1. The van der Waals surface area contributed by atoms with Crippen molar-refractivity contribution in [3.8, 4) is 0 Å². The van der Waals surface area contributed by atoms with Crippen LogP contribution < -0.4 is 5.32 Å². The summed E-state index contributed by atoms with van der Waals surface area (Å²) in [6.07, 6.45) is 0.961. The highest BCUT2D eigenvalue weighted by Gasteiger charge is 2.25. The predicted molar refractivity (Wildman–Crippen MR) is 81.4 cm³/mol. The van der Waals surface area contributed by atoms with Crippen LogP contribution in [0.25, 0.3) is 11.0 Å². The smallest absolute Gasteiger partial charge is 0.111 e. The Morgan fingerprint density at radius 1 is 1.26 bits per heavy atom. The van der Waals surface area contributed by atoms with E-state index in [0.29, 0.717) is 6.04 Å². The lowest BCUT2D eigenvalue weighted by atomic mass is 9.84. The molecule has 2 aromatic rings. The Bertz CT molecular complexity index is 549. The molecule has 3 nitrogen and oxygen atoms in total. The minimum Gasteiger partial charge on any atom is -0.328 e. The van der Waals surface area contributed by atoms with Crippen LogP contribution in [0.2, 0.25) is 0 Å². The van der Waals surface area contributed by atoms with E-state index in [4.69, 9.17) is 4.98 Å². The number of benzene rings is 1. The van der Waals surface area contributed by atoms with E-state index in [1.807, 2.05) is 7.05 Å². The zero-order valence-corrected chi connectivity index (χ0v) is 12.7. The highest BCUT2D eigenvalue weighted by Crippen LogP contribution is 2.24. The fourth-order valence-electron chi connectivity index (χ4n) is 2.66. The number of aromatic nitrogens is 2. The lowest BCUT2D eigenvalue weighted by Gasteiger charge is -2.30. The minimum atomic E-state index is 0.228. The number of nitrogens with one attached hydrogen (secondary N) is 1. The Balaban J connectivity index is 2.39. The van der Waals surface area contributed by atoms with E-state index in [9.17, 15) is 0 Å². The van der Waals surface area contributed by atoms with Crippen LogP contribution in [0.5, 0.6) is 0 Å². The molecule has 0 radical (unpaired) electrons. The topological polar surface area (TPSA) is 29.9 Å². The maximum absolute atomic E-state index is 4.81. The van der Waals surface area contributed by atoms with Gasteiger partial charge in [-0.15, -0.1) is 0 Å². The first-order valence-electron chi connectivity index (χ1n) is 7.08. The average molecular weight is 259 g/mol. The van der Waals surface area contributed by atoms with Gasteiger partial charge in [-0.3, -0.25) is 0 Å². The molecule has 0 saturated heterocycles. The van der Waals surface area contributed by atoms with Crippen LogP contribution in [0.4, 0.5) is 0 Å². The molecule has 1 heterocycles. The van der Waals surface area contributed by atoms with Crippen molar-refractivity contribution in [2.75, 3.05) is 7.05 Å². The molecule has 2 rings (SSSR count). The van der Waals surface area contributed by atoms with Crippen molar-refractivity contribution in [1.82, 2.24) is 14.9 Å². The van der Waals surface area contributed by atoms with E-state index in [1.54, 1.807) is 0 Å². The molecule has 104 valence electrons. The Kier molecular flexibility index (Phi) is 3.95. The van der Waals surface area contributed by atoms with Gasteiger partial charge < -0.3 is 9.88 Å². The summed E-state index contributed by atoms with van der Waals surface area (Å²) in [6, 6.07) is 8.81. The first kappa shape index (κ1) is 14.1. The van der Waals surface area contributed by atoms with E-state index in [2.05, 4.69) is 61.8 Å². The summed E-state index contributed by atoms with van der Waals surface area (Å²) in [5.74, 6) is 1.18. The summed E-state index contributed by atoms with van der Waals surface area (Å²) >= 11 is 0. The van der Waals surface area contributed by atoms with E-state index in [-0.39, 0.29) is 5.41 Å². The summed E-state index contributed by atoms with van der Waals surface area (Å²) in [6.45, 7) is 9.97. The Hall–Kier alpha value is -1.35. The molecule has 1 unspecified atom stereocenters. The number of likely N-dealkylation sites (N-methyl/N-ethyl adjacent to an activating group) is 1. The Labute approximate surface area is 116 Å². The number of rotatable bonds is 4. The molecular weight excluding hydrogens is 234 g/mol. The quantitative estimate of drug-likeness (QED) is 0.913. The molecule has 0 amide bonds. The highest BCUT2D eigenvalue weighted by atomic mass is 15.1. The van der Waals surface area contributed by atoms with Gasteiger partial charge in [0.1, 0.15) is 5.82 Å². The van der Waals surface area contributed by atoms with Crippen LogP contribution in [0.15, 0.2) is 24.3 Å². The molecule has 0 aliphatic carbocycles. The second-order valence-electron chi connectivity index (χ2n) is 6.17. The highest BCUT2D eigenvalue weighted by molar-refractivity contribution is 5.75. The number of para-hydroxylation sites is 2. The zero-order valence-electron chi connectivity index (χ0n) is 12.7. The van der Waals surface area contributed by atoms with Gasteiger partial charge in [0.25, 0.3) is 0 Å². The lowest BCUT2D eigenvalue weighted by molar-refractivity contribution is 0.275. The summed E-state index contributed by atoms with van der Waals surface area (Å²) in [4.78, 5) is 4.81. The summed E-state index contributed by atoms with van der Waals surface area (Å²) in [5, 5.41) is 3.43. The molecule has 1 N–H and O–H groups in total. The van der Waals surface area contributed by atoms with Crippen LogP contribution in [0.3, 0.4) is 0 Å². The van der Waals surface area contributed by atoms with Crippen LogP contribution in [0, 0.1) is 5.41 Å². The Morgan fingerprint density at radius 3 is 2.53 bits per heavy atom. The normalized spacial score (nSPS) is 13.9. The largest absolute Gasteiger partial charge is 0.328 e. The number of nitrogens with zero attached hydrogens (tertiary/aromatic N) is 2. The van der Waals surface area contributed by atoms with Gasteiger partial charge in [0.05, 0.1) is 11.0 Å². The average Bonchev–Trinajstić information content (AvgIpc) is 2.71. The monoisotopic (exact) mass is 259 g/mol. The third kappa shape index (κ3) is 2.81. The van der Waals surface area contributed by atoms with Gasteiger partial charge in [0.2, 0.25) is 0 Å². The van der Waals surface area contributed by atoms with Crippen molar-refractivity contribution in [2.45, 2.75) is 46.7 Å². The molecule has 0 aliphatic heterocycles. The summed E-state index contributed by atoms with van der Waals surface area (Å²) in [5.41, 5.74) is 2.57. The third-order valence-electron chi connectivity index (χ3n) is 3.83. The van der Waals surface area contributed by atoms with Crippen LogP contribution in [-0.2, 0) is 13.0 Å². The summed E-state index contributed by atoms with van der Waals surface area (Å²) < 4.78 is 2.32. The van der Waals surface area contributed by atoms with Crippen molar-refractivity contribution in [3.05, 3.63) is 30.1 Å². The number of hydrogen-bond acceptors (Lipinski definition) is 2. The molecule has 1 atom stereocenters. The molecule has 0 saturated carbocycles. The van der Waals surface area contributed by atoms with Crippen LogP contribution in [-0.4, -0.2) is 22.6 Å². The molecule has 0 bridgehead atoms. The van der Waals surface area contributed by atoms with Gasteiger partial charge in [-0.1, -0.05) is 32.9 Å². The first-order chi connectivity index (χ1) is 8.97. The third-order valence-corrected chi connectivity index (χ3v) is 3.83. The van der Waals surface area contributed by atoms with Crippen LogP contribution in [0.1, 0.15) is 33.5 Å². The standard InChI is InChI=1S/C16H25N3/c1-6-19-13-10-8-7-9-12(13)18-15(19)11-14(17-5)16(2,3)4/h7-10,14,17H,6,11H2,1-5H3. The van der Waals surface area contributed by atoms with Gasteiger partial charge in [-0.05, 0) is 31.5 Å². The molecule has 3 heteroatoms. The van der Waals surface area contributed by atoms with Crippen molar-refractivity contribution < 1.29 is 0 Å². The minimum absolute atomic E-state index is 0.228. The van der Waals surface area contributed by atoms with Crippen molar-refractivity contribution >= 4 is 11.0 Å². The van der Waals surface area contributed by atoms with Crippen molar-refractivity contribution in [2.24, 2.45) is 5.41 Å². The van der Waals surface area contributed by atoms with E-state index in [1.165, 1.54) is 11.3 Å².